The molecule has 17 heavy (non-hydrogen) atoms. The number of hydrogen-bond donors (Lipinski definition) is 1. The number of aryl methyl sites for hydroxylation is 2. The fourth-order valence-electron chi connectivity index (χ4n) is 1.36. The Morgan fingerprint density at radius 3 is 2.71 bits per heavy atom. The van der Waals surface area contributed by atoms with Crippen molar-refractivity contribution < 1.29 is 18.0 Å². The van der Waals surface area contributed by atoms with Gasteiger partial charge in [-0.25, -0.2) is 0 Å². The summed E-state index contributed by atoms with van der Waals surface area (Å²) < 4.78 is 37.3. The Balaban J connectivity index is 2.68. The summed E-state index contributed by atoms with van der Waals surface area (Å²) in [6.07, 6.45) is -2.10. The van der Waals surface area contributed by atoms with E-state index in [4.69, 9.17) is 0 Å². The topological polar surface area (TPSA) is 46.9 Å². The van der Waals surface area contributed by atoms with E-state index in [1.807, 2.05) is 12.2 Å². The second-order valence-electron chi connectivity index (χ2n) is 3.69. The molecule has 1 heterocycles. The van der Waals surface area contributed by atoms with Gasteiger partial charge >= 0.3 is 6.18 Å². The molecule has 0 aliphatic carbocycles. The number of amides is 1. The Labute approximate surface area is 96.8 Å². The van der Waals surface area contributed by atoms with E-state index >= 15 is 0 Å². The molecule has 1 aromatic heterocycles. The van der Waals surface area contributed by atoms with Crippen LogP contribution in [0.2, 0.25) is 0 Å². The summed E-state index contributed by atoms with van der Waals surface area (Å²) in [5, 5.41) is 5.86. The van der Waals surface area contributed by atoms with E-state index in [1.165, 1.54) is 6.20 Å². The smallest absolute Gasteiger partial charge is 0.343 e. The average Bonchev–Trinajstić information content (AvgIpc) is 2.55. The van der Waals surface area contributed by atoms with E-state index in [2.05, 4.69) is 5.10 Å². The Kier molecular flexibility index (Phi) is 4.14. The van der Waals surface area contributed by atoms with Gasteiger partial charge in [-0.15, -0.1) is 0 Å². The fraction of sp³-hybridized carbons (Fsp3) is 0.600. The van der Waals surface area contributed by atoms with E-state index in [0.29, 0.717) is 12.2 Å². The number of nitrogens with zero attached hydrogens (tertiary/aromatic N) is 2. The molecule has 0 saturated carbocycles. The number of halogens is 3. The van der Waals surface area contributed by atoms with E-state index in [0.717, 1.165) is 6.42 Å². The highest BCUT2D eigenvalue weighted by Gasteiger charge is 2.28. The predicted molar refractivity (Wildman–Crippen MR) is 55.6 cm³/mol. The minimum atomic E-state index is -4.40. The molecule has 1 aromatic rings. The lowest BCUT2D eigenvalue weighted by atomic mass is 10.2. The van der Waals surface area contributed by atoms with Gasteiger partial charge in [0.1, 0.15) is 6.54 Å². The lowest BCUT2D eigenvalue weighted by Gasteiger charge is -2.07. The molecule has 0 spiro atoms. The van der Waals surface area contributed by atoms with Crippen LogP contribution in [0, 0.1) is 6.92 Å². The lowest BCUT2D eigenvalue weighted by molar-refractivity contribution is -0.123. The number of rotatable bonds is 4. The zero-order chi connectivity index (χ0) is 13.1. The summed E-state index contributed by atoms with van der Waals surface area (Å²) in [6, 6.07) is 0. The molecule has 0 aliphatic heterocycles. The Hall–Kier alpha value is -1.53. The summed E-state index contributed by atoms with van der Waals surface area (Å²) >= 11 is 0. The quantitative estimate of drug-likeness (QED) is 0.885. The summed E-state index contributed by atoms with van der Waals surface area (Å²) in [6.45, 7) is 2.84. The number of carbonyl (C=O) groups excluding carboxylic acids is 1. The highest BCUT2D eigenvalue weighted by Crippen LogP contribution is 2.13. The molecule has 0 fully saturated rings. The summed E-state index contributed by atoms with van der Waals surface area (Å²) in [5.41, 5.74) is 0.612. The number of carbonyl (C=O) groups is 1. The van der Waals surface area contributed by atoms with Gasteiger partial charge in [0.05, 0.1) is 11.3 Å². The van der Waals surface area contributed by atoms with Crippen LogP contribution in [0.15, 0.2) is 6.20 Å². The molecule has 0 bridgehead atoms. The zero-order valence-corrected chi connectivity index (χ0v) is 9.64. The highest BCUT2D eigenvalue weighted by molar-refractivity contribution is 5.95. The van der Waals surface area contributed by atoms with Gasteiger partial charge in [0, 0.05) is 12.7 Å². The Morgan fingerprint density at radius 1 is 1.53 bits per heavy atom. The van der Waals surface area contributed by atoms with Crippen LogP contribution in [-0.2, 0) is 6.54 Å². The standard InChI is InChI=1S/C10H14F3N3O/c1-3-4-16-5-8(7(2)15-16)9(17)14-6-10(11,12)13/h5H,3-4,6H2,1-2H3,(H,14,17). The van der Waals surface area contributed by atoms with Gasteiger partial charge in [-0.2, -0.15) is 18.3 Å². The maximum Gasteiger partial charge on any atom is 0.405 e. The third kappa shape index (κ3) is 4.08. The van der Waals surface area contributed by atoms with Crippen molar-refractivity contribution in [3.05, 3.63) is 17.5 Å². The van der Waals surface area contributed by atoms with Crippen molar-refractivity contribution in [2.75, 3.05) is 6.54 Å². The van der Waals surface area contributed by atoms with Crippen LogP contribution >= 0.6 is 0 Å². The summed E-state index contributed by atoms with van der Waals surface area (Å²) in [7, 11) is 0. The van der Waals surface area contributed by atoms with Gasteiger partial charge < -0.3 is 5.32 Å². The third-order valence-corrected chi connectivity index (χ3v) is 2.09. The van der Waals surface area contributed by atoms with Crippen LogP contribution in [0.3, 0.4) is 0 Å². The molecular formula is C10H14F3N3O. The fourth-order valence-corrected chi connectivity index (χ4v) is 1.36. The van der Waals surface area contributed by atoms with Crippen LogP contribution in [-0.4, -0.2) is 28.4 Å². The highest BCUT2D eigenvalue weighted by atomic mass is 19.4. The molecule has 1 rings (SSSR count). The number of alkyl halides is 3. The van der Waals surface area contributed by atoms with E-state index in [1.54, 1.807) is 11.6 Å². The molecular weight excluding hydrogens is 235 g/mol. The SMILES string of the molecule is CCCn1cc(C(=O)NCC(F)(F)F)c(C)n1. The molecule has 0 radical (unpaired) electrons. The minimum absolute atomic E-state index is 0.183. The van der Waals surface area contributed by atoms with Crippen molar-refractivity contribution in [3.63, 3.8) is 0 Å². The van der Waals surface area contributed by atoms with Crippen LogP contribution in [0.4, 0.5) is 13.2 Å². The van der Waals surface area contributed by atoms with Crippen LogP contribution in [0.5, 0.6) is 0 Å². The van der Waals surface area contributed by atoms with E-state index in [9.17, 15) is 18.0 Å². The second-order valence-corrected chi connectivity index (χ2v) is 3.69. The molecule has 0 saturated heterocycles. The van der Waals surface area contributed by atoms with Crippen molar-refractivity contribution in [3.8, 4) is 0 Å². The van der Waals surface area contributed by atoms with Crippen molar-refractivity contribution in [2.24, 2.45) is 0 Å². The average molecular weight is 249 g/mol. The Morgan fingerprint density at radius 2 is 2.18 bits per heavy atom. The first-order chi connectivity index (χ1) is 7.83. The van der Waals surface area contributed by atoms with Crippen molar-refractivity contribution in [1.29, 1.82) is 0 Å². The van der Waals surface area contributed by atoms with E-state index in [-0.39, 0.29) is 5.56 Å². The Bertz CT molecular complexity index is 398. The first kappa shape index (κ1) is 13.5. The van der Waals surface area contributed by atoms with Gasteiger partial charge in [-0.05, 0) is 13.3 Å². The molecule has 4 nitrogen and oxygen atoms in total. The second kappa shape index (κ2) is 5.20. The first-order valence-corrected chi connectivity index (χ1v) is 5.22. The van der Waals surface area contributed by atoms with Crippen LogP contribution in [0.1, 0.15) is 29.4 Å². The number of nitrogens with one attached hydrogen (secondary N) is 1. The summed E-state index contributed by atoms with van der Waals surface area (Å²) in [5.74, 6) is -0.748. The zero-order valence-electron chi connectivity index (χ0n) is 9.64. The van der Waals surface area contributed by atoms with Gasteiger partial charge in [-0.1, -0.05) is 6.92 Å². The van der Waals surface area contributed by atoms with Crippen molar-refractivity contribution in [1.82, 2.24) is 15.1 Å². The predicted octanol–water partition coefficient (Wildman–Crippen LogP) is 1.89. The number of aromatic nitrogens is 2. The van der Waals surface area contributed by atoms with Crippen molar-refractivity contribution >= 4 is 5.91 Å². The van der Waals surface area contributed by atoms with E-state index < -0.39 is 18.6 Å². The van der Waals surface area contributed by atoms with Crippen molar-refractivity contribution in [2.45, 2.75) is 33.0 Å². The molecule has 0 atom stereocenters. The monoisotopic (exact) mass is 249 g/mol. The number of hydrogen-bond acceptors (Lipinski definition) is 2. The first-order valence-electron chi connectivity index (χ1n) is 5.22. The molecule has 1 amide bonds. The van der Waals surface area contributed by atoms with Gasteiger partial charge in [0.15, 0.2) is 0 Å². The molecule has 7 heteroatoms. The normalized spacial score (nSPS) is 11.6. The minimum Gasteiger partial charge on any atom is -0.343 e. The third-order valence-electron chi connectivity index (χ3n) is 2.09. The van der Waals surface area contributed by atoms with Gasteiger partial charge in [0.25, 0.3) is 5.91 Å². The molecule has 1 N–H and O–H groups in total. The maximum absolute atomic E-state index is 11.9. The molecule has 0 aromatic carbocycles. The van der Waals surface area contributed by atoms with Crippen LogP contribution in [0.25, 0.3) is 0 Å². The van der Waals surface area contributed by atoms with Gasteiger partial charge in [0.2, 0.25) is 0 Å². The lowest BCUT2D eigenvalue weighted by Crippen LogP contribution is -2.33. The molecule has 96 valence electrons. The largest absolute Gasteiger partial charge is 0.405 e. The molecule has 0 aliphatic rings. The van der Waals surface area contributed by atoms with Gasteiger partial charge in [-0.3, -0.25) is 9.48 Å². The summed E-state index contributed by atoms with van der Waals surface area (Å²) in [4.78, 5) is 11.5. The maximum atomic E-state index is 11.9. The molecule has 0 unspecified atom stereocenters. The van der Waals surface area contributed by atoms with Crippen LogP contribution < -0.4 is 5.32 Å².